The van der Waals surface area contributed by atoms with E-state index in [0.29, 0.717) is 4.90 Å². The molecule has 2 N–H and O–H groups in total. The van der Waals surface area contributed by atoms with Gasteiger partial charge in [0.2, 0.25) is 5.91 Å². The molecule has 0 saturated heterocycles. The van der Waals surface area contributed by atoms with E-state index in [4.69, 9.17) is 5.11 Å². The minimum absolute atomic E-state index is 0.184. The van der Waals surface area contributed by atoms with Crippen molar-refractivity contribution in [1.82, 2.24) is 10.2 Å². The number of aliphatic carboxylic acids is 1. The van der Waals surface area contributed by atoms with Crippen molar-refractivity contribution in [3.05, 3.63) is 34.9 Å². The zero-order valence-corrected chi connectivity index (χ0v) is 11.6. The molecule has 116 valence electrons. The summed E-state index contributed by atoms with van der Waals surface area (Å²) in [7, 11) is 0. The average molecular weight is 308 g/mol. The topological polar surface area (TPSA) is 104 Å². The number of hydrogen-bond donors (Lipinski definition) is 2. The molecule has 0 saturated carbocycles. The van der Waals surface area contributed by atoms with Crippen LogP contribution in [0.2, 0.25) is 0 Å². The van der Waals surface area contributed by atoms with E-state index < -0.39 is 43.0 Å². The highest BCUT2D eigenvalue weighted by molar-refractivity contribution is 6.22. The first-order valence-corrected chi connectivity index (χ1v) is 6.40. The fourth-order valence-electron chi connectivity index (χ4n) is 2.10. The van der Waals surface area contributed by atoms with E-state index in [9.17, 15) is 23.6 Å². The van der Waals surface area contributed by atoms with Gasteiger partial charge in [-0.1, -0.05) is 11.6 Å². The molecular weight excluding hydrogens is 295 g/mol. The predicted octanol–water partition coefficient (Wildman–Crippen LogP) is 0.130. The predicted molar refractivity (Wildman–Crippen MR) is 72.1 cm³/mol. The summed E-state index contributed by atoms with van der Waals surface area (Å²) < 4.78 is 12.5. The number of fused-ring (bicyclic) bond motifs is 1. The van der Waals surface area contributed by atoms with Gasteiger partial charge >= 0.3 is 5.97 Å². The molecule has 1 aromatic rings. The van der Waals surface area contributed by atoms with E-state index in [1.807, 2.05) is 5.32 Å². The third kappa shape index (κ3) is 2.80. The van der Waals surface area contributed by atoms with Crippen molar-refractivity contribution < 1.29 is 28.7 Å². The third-order valence-electron chi connectivity index (χ3n) is 3.22. The summed E-state index contributed by atoms with van der Waals surface area (Å²) in [5.74, 6) is -3.72. The second-order valence-electron chi connectivity index (χ2n) is 4.86. The summed E-state index contributed by atoms with van der Waals surface area (Å²) in [6, 6.07) is 2.99. The molecule has 22 heavy (non-hydrogen) atoms. The highest BCUT2D eigenvalue weighted by Gasteiger charge is 2.37. The number of nitrogens with zero attached hydrogens (tertiary/aromatic N) is 1. The molecule has 2 rings (SSSR count). The second-order valence-corrected chi connectivity index (χ2v) is 4.86. The number of halogens is 1. The molecule has 0 spiro atoms. The summed E-state index contributed by atoms with van der Waals surface area (Å²) in [5.41, 5.74) is 1.16. The van der Waals surface area contributed by atoms with Crippen molar-refractivity contribution in [3.63, 3.8) is 0 Å². The van der Waals surface area contributed by atoms with Crippen LogP contribution in [-0.2, 0) is 9.59 Å². The molecule has 1 unspecified atom stereocenters. The lowest BCUT2D eigenvalue weighted by Gasteiger charge is -2.15. The molecular formula is C14H13FN2O5. The van der Waals surface area contributed by atoms with Gasteiger partial charge in [0.1, 0.15) is 13.2 Å². The van der Waals surface area contributed by atoms with Crippen LogP contribution in [0.1, 0.15) is 26.3 Å². The largest absolute Gasteiger partial charge is 0.480 e. The average Bonchev–Trinajstić information content (AvgIpc) is 2.69. The molecule has 0 bridgehead atoms. The minimum atomic E-state index is -1.70. The zero-order valence-electron chi connectivity index (χ0n) is 11.6. The smallest absolute Gasteiger partial charge is 0.328 e. The maximum Gasteiger partial charge on any atom is 0.328 e. The molecule has 3 amide bonds. The molecule has 1 aliphatic rings. The molecule has 8 heteroatoms. The number of carbonyl (C=O) groups excluding carboxylic acids is 3. The molecule has 1 aromatic carbocycles. The summed E-state index contributed by atoms with van der Waals surface area (Å²) in [5, 5.41) is 10.6. The lowest BCUT2D eigenvalue weighted by Crippen LogP contribution is -2.47. The summed E-state index contributed by atoms with van der Waals surface area (Å²) in [6.07, 6.45) is 0. The van der Waals surface area contributed by atoms with Gasteiger partial charge in [-0.15, -0.1) is 0 Å². The Labute approximate surface area is 124 Å². The SMILES string of the molecule is Cc1ccc2c(c1)C(=O)N(CC(=O)NC(CF)C(=O)O)C2=O. The summed E-state index contributed by atoms with van der Waals surface area (Å²) in [6.45, 7) is -0.191. The number of nitrogens with one attached hydrogen (secondary N) is 1. The number of hydrogen-bond acceptors (Lipinski definition) is 4. The monoisotopic (exact) mass is 308 g/mol. The van der Waals surface area contributed by atoms with Gasteiger partial charge in [0.05, 0.1) is 11.1 Å². The Kier molecular flexibility index (Phi) is 4.20. The van der Waals surface area contributed by atoms with E-state index in [2.05, 4.69) is 0 Å². The van der Waals surface area contributed by atoms with Crippen LogP contribution in [0.15, 0.2) is 18.2 Å². The fourth-order valence-corrected chi connectivity index (χ4v) is 2.10. The minimum Gasteiger partial charge on any atom is -0.480 e. The van der Waals surface area contributed by atoms with Crippen molar-refractivity contribution in [2.24, 2.45) is 0 Å². The molecule has 0 aliphatic carbocycles. The summed E-state index contributed by atoms with van der Waals surface area (Å²) in [4.78, 5) is 47.2. The summed E-state index contributed by atoms with van der Waals surface area (Å²) >= 11 is 0. The third-order valence-corrected chi connectivity index (χ3v) is 3.22. The van der Waals surface area contributed by atoms with Crippen molar-refractivity contribution in [2.75, 3.05) is 13.2 Å². The first kappa shape index (κ1) is 15.6. The van der Waals surface area contributed by atoms with E-state index in [1.54, 1.807) is 13.0 Å². The van der Waals surface area contributed by atoms with Crippen molar-refractivity contribution >= 4 is 23.7 Å². The van der Waals surface area contributed by atoms with Crippen molar-refractivity contribution in [3.8, 4) is 0 Å². The number of benzene rings is 1. The Morgan fingerprint density at radius 3 is 2.50 bits per heavy atom. The normalized spacial score (nSPS) is 14.7. The van der Waals surface area contributed by atoms with Crippen LogP contribution in [0.25, 0.3) is 0 Å². The Morgan fingerprint density at radius 2 is 1.91 bits per heavy atom. The Balaban J connectivity index is 2.12. The number of imide groups is 1. The van der Waals surface area contributed by atoms with Gasteiger partial charge in [-0.05, 0) is 19.1 Å². The molecule has 1 heterocycles. The van der Waals surface area contributed by atoms with Gasteiger partial charge in [-0.25, -0.2) is 9.18 Å². The number of carboxylic acids is 1. The van der Waals surface area contributed by atoms with Crippen LogP contribution in [-0.4, -0.2) is 53.0 Å². The Bertz CT molecular complexity index is 673. The number of carbonyl (C=O) groups is 4. The van der Waals surface area contributed by atoms with E-state index in [1.165, 1.54) is 12.1 Å². The van der Waals surface area contributed by atoms with Gasteiger partial charge in [0.25, 0.3) is 11.8 Å². The van der Waals surface area contributed by atoms with Gasteiger partial charge in [-0.3, -0.25) is 19.3 Å². The zero-order chi connectivity index (χ0) is 16.4. The molecule has 0 radical (unpaired) electrons. The molecule has 0 fully saturated rings. The second kappa shape index (κ2) is 5.92. The van der Waals surface area contributed by atoms with Crippen LogP contribution in [0.5, 0.6) is 0 Å². The first-order chi connectivity index (χ1) is 10.3. The maximum atomic E-state index is 12.5. The van der Waals surface area contributed by atoms with Crippen molar-refractivity contribution in [2.45, 2.75) is 13.0 Å². The number of alkyl halides is 1. The Morgan fingerprint density at radius 1 is 1.27 bits per heavy atom. The molecule has 1 aliphatic heterocycles. The molecule has 7 nitrogen and oxygen atoms in total. The first-order valence-electron chi connectivity index (χ1n) is 6.40. The number of aryl methyl sites for hydroxylation is 1. The van der Waals surface area contributed by atoms with Crippen LogP contribution in [0.4, 0.5) is 4.39 Å². The van der Waals surface area contributed by atoms with E-state index in [0.717, 1.165) is 5.56 Å². The lowest BCUT2D eigenvalue weighted by atomic mass is 10.1. The lowest BCUT2D eigenvalue weighted by molar-refractivity contribution is -0.142. The quantitative estimate of drug-likeness (QED) is 0.753. The van der Waals surface area contributed by atoms with Crippen molar-refractivity contribution in [1.29, 1.82) is 0 Å². The van der Waals surface area contributed by atoms with E-state index in [-0.39, 0.29) is 11.1 Å². The Hall–Kier alpha value is -2.77. The van der Waals surface area contributed by atoms with Crippen LogP contribution < -0.4 is 5.32 Å². The van der Waals surface area contributed by atoms with Gasteiger partial charge in [0, 0.05) is 0 Å². The molecule has 0 aromatic heterocycles. The van der Waals surface area contributed by atoms with Gasteiger partial charge in [0.15, 0.2) is 6.04 Å². The fraction of sp³-hybridized carbons (Fsp3) is 0.286. The standard InChI is InChI=1S/C14H13FN2O5/c1-7-2-3-8-9(4-7)13(20)17(12(8)19)6-11(18)16-10(5-15)14(21)22/h2-4,10H,5-6H2,1H3,(H,16,18)(H,21,22). The van der Waals surface area contributed by atoms with Crippen LogP contribution >= 0.6 is 0 Å². The number of amides is 3. The maximum absolute atomic E-state index is 12.5. The number of rotatable bonds is 5. The van der Waals surface area contributed by atoms with Gasteiger partial charge < -0.3 is 10.4 Å². The highest BCUT2D eigenvalue weighted by Crippen LogP contribution is 2.23. The molecule has 1 atom stereocenters. The van der Waals surface area contributed by atoms with Crippen LogP contribution in [0, 0.1) is 6.92 Å². The number of carboxylic acid groups (broad SMARTS) is 1. The van der Waals surface area contributed by atoms with Crippen LogP contribution in [0.3, 0.4) is 0 Å². The highest BCUT2D eigenvalue weighted by atomic mass is 19.1. The van der Waals surface area contributed by atoms with Gasteiger partial charge in [-0.2, -0.15) is 0 Å². The van der Waals surface area contributed by atoms with E-state index >= 15 is 0 Å².